The largest absolute Gasteiger partial charge is 0.405 e. The first-order valence-corrected chi connectivity index (χ1v) is 5.25. The van der Waals surface area contributed by atoms with E-state index in [-0.39, 0.29) is 5.82 Å². The van der Waals surface area contributed by atoms with Gasteiger partial charge in [-0.05, 0) is 0 Å². The average molecular weight is 285 g/mol. The van der Waals surface area contributed by atoms with Crippen molar-refractivity contribution in [3.05, 3.63) is 17.7 Å². The summed E-state index contributed by atoms with van der Waals surface area (Å²) in [7, 11) is 1.30. The van der Waals surface area contributed by atoms with Crippen LogP contribution in [0.25, 0.3) is 0 Å². The Kier molecular flexibility index (Phi) is 4.87. The van der Waals surface area contributed by atoms with Gasteiger partial charge in [-0.15, -0.1) is 0 Å². The number of pyridine rings is 1. The van der Waals surface area contributed by atoms with E-state index in [4.69, 9.17) is 5.11 Å². The average Bonchev–Trinajstić information content (AvgIpc) is 2.27. The minimum Gasteiger partial charge on any atom is -0.395 e. The quantitative estimate of drug-likeness (QED) is 0.809. The van der Waals surface area contributed by atoms with Crippen molar-refractivity contribution in [2.75, 3.05) is 37.0 Å². The molecule has 0 aliphatic rings. The van der Waals surface area contributed by atoms with Crippen LogP contribution in [0.1, 0.15) is 0 Å². The predicted molar refractivity (Wildman–Crippen MR) is 59.1 cm³/mol. The first-order chi connectivity index (χ1) is 8.78. The Morgan fingerprint density at radius 2 is 1.95 bits per heavy atom. The Balaban J connectivity index is 3.14. The number of halogens is 5. The summed E-state index contributed by atoms with van der Waals surface area (Å²) in [5, 5.41) is 11.0. The maximum Gasteiger partial charge on any atom is 0.405 e. The van der Waals surface area contributed by atoms with Crippen LogP contribution in [0.4, 0.5) is 33.6 Å². The Bertz CT molecular complexity index is 438. The number of rotatable bonds is 5. The van der Waals surface area contributed by atoms with E-state index in [1.807, 2.05) is 0 Å². The molecule has 1 aromatic rings. The lowest BCUT2D eigenvalue weighted by molar-refractivity contribution is -0.120. The summed E-state index contributed by atoms with van der Waals surface area (Å²) >= 11 is 0. The van der Waals surface area contributed by atoms with Gasteiger partial charge in [0, 0.05) is 19.7 Å². The van der Waals surface area contributed by atoms with Crippen molar-refractivity contribution in [3.8, 4) is 0 Å². The van der Waals surface area contributed by atoms with Gasteiger partial charge in [0.2, 0.25) is 0 Å². The van der Waals surface area contributed by atoms with Gasteiger partial charge in [-0.2, -0.15) is 13.2 Å². The van der Waals surface area contributed by atoms with Crippen LogP contribution in [-0.4, -0.2) is 43.0 Å². The third-order valence-electron chi connectivity index (χ3n) is 2.19. The standard InChI is InChI=1S/C10H12F5N3O/c1-16-8-6(11)4-7(12)9(17-8)18(2-3-19)5-10(13,14)15/h4,19H,2-3,5H2,1H3,(H,16,17). The molecule has 0 saturated heterocycles. The number of hydrogen-bond donors (Lipinski definition) is 2. The van der Waals surface area contributed by atoms with Crippen LogP contribution in [0.15, 0.2) is 6.07 Å². The van der Waals surface area contributed by atoms with Gasteiger partial charge >= 0.3 is 6.18 Å². The molecule has 0 radical (unpaired) electrons. The van der Waals surface area contributed by atoms with Crippen LogP contribution in [0.2, 0.25) is 0 Å². The highest BCUT2D eigenvalue weighted by molar-refractivity contribution is 5.49. The molecule has 0 amide bonds. The summed E-state index contributed by atoms with van der Waals surface area (Å²) in [5.41, 5.74) is 0. The first-order valence-electron chi connectivity index (χ1n) is 5.25. The van der Waals surface area contributed by atoms with Crippen molar-refractivity contribution in [2.45, 2.75) is 6.18 Å². The molecule has 19 heavy (non-hydrogen) atoms. The van der Waals surface area contributed by atoms with Crippen LogP contribution >= 0.6 is 0 Å². The van der Waals surface area contributed by atoms with Crippen molar-refractivity contribution in [1.82, 2.24) is 4.98 Å². The van der Waals surface area contributed by atoms with Crippen molar-refractivity contribution >= 4 is 11.6 Å². The van der Waals surface area contributed by atoms with Gasteiger partial charge in [0.1, 0.15) is 6.54 Å². The number of aliphatic hydroxyl groups is 1. The molecule has 0 fully saturated rings. The van der Waals surface area contributed by atoms with Gasteiger partial charge < -0.3 is 15.3 Å². The van der Waals surface area contributed by atoms with Crippen LogP contribution in [0, 0.1) is 11.6 Å². The van der Waals surface area contributed by atoms with Gasteiger partial charge in [-0.1, -0.05) is 0 Å². The molecular weight excluding hydrogens is 273 g/mol. The molecule has 0 atom stereocenters. The van der Waals surface area contributed by atoms with Crippen molar-refractivity contribution in [1.29, 1.82) is 0 Å². The molecule has 4 nitrogen and oxygen atoms in total. The number of aromatic nitrogens is 1. The summed E-state index contributed by atoms with van der Waals surface area (Å²) in [6.45, 7) is -2.59. The van der Waals surface area contributed by atoms with Gasteiger partial charge in [-0.3, -0.25) is 0 Å². The van der Waals surface area contributed by atoms with Crippen LogP contribution in [-0.2, 0) is 0 Å². The molecule has 0 unspecified atom stereocenters. The molecule has 108 valence electrons. The first kappa shape index (κ1) is 15.4. The Morgan fingerprint density at radius 1 is 1.32 bits per heavy atom. The molecule has 0 aliphatic carbocycles. The van der Waals surface area contributed by atoms with Crippen molar-refractivity contribution < 1.29 is 27.1 Å². The van der Waals surface area contributed by atoms with E-state index < -0.39 is 43.3 Å². The molecule has 1 heterocycles. The van der Waals surface area contributed by atoms with Gasteiger partial charge in [0.15, 0.2) is 23.3 Å². The van der Waals surface area contributed by atoms with Crippen LogP contribution in [0.3, 0.4) is 0 Å². The highest BCUT2D eigenvalue weighted by atomic mass is 19.4. The lowest BCUT2D eigenvalue weighted by Crippen LogP contribution is -2.37. The SMILES string of the molecule is CNc1nc(N(CCO)CC(F)(F)F)c(F)cc1F. The lowest BCUT2D eigenvalue weighted by atomic mass is 10.3. The Labute approximate surface area is 105 Å². The van der Waals surface area contributed by atoms with E-state index >= 15 is 0 Å². The maximum absolute atomic E-state index is 13.5. The van der Waals surface area contributed by atoms with Crippen molar-refractivity contribution in [3.63, 3.8) is 0 Å². The normalized spacial score (nSPS) is 11.5. The van der Waals surface area contributed by atoms with Crippen LogP contribution in [0.5, 0.6) is 0 Å². The summed E-state index contributed by atoms with van der Waals surface area (Å²) in [5.74, 6) is -3.28. The highest BCUT2D eigenvalue weighted by Crippen LogP contribution is 2.25. The molecule has 1 aromatic heterocycles. The fraction of sp³-hybridized carbons (Fsp3) is 0.500. The Hall–Kier alpha value is -1.64. The van der Waals surface area contributed by atoms with E-state index in [0.29, 0.717) is 11.0 Å². The second-order valence-electron chi connectivity index (χ2n) is 3.63. The Morgan fingerprint density at radius 3 is 2.42 bits per heavy atom. The summed E-state index contributed by atoms with van der Waals surface area (Å²) in [4.78, 5) is 3.94. The minimum atomic E-state index is -4.60. The smallest absolute Gasteiger partial charge is 0.395 e. The van der Waals surface area contributed by atoms with Gasteiger partial charge in [0.05, 0.1) is 6.61 Å². The van der Waals surface area contributed by atoms with Crippen LogP contribution < -0.4 is 10.2 Å². The van der Waals surface area contributed by atoms with E-state index in [0.717, 1.165) is 0 Å². The summed E-state index contributed by atoms with van der Waals surface area (Å²) in [6, 6.07) is 0.439. The number of nitrogens with zero attached hydrogens (tertiary/aromatic N) is 2. The molecule has 9 heteroatoms. The monoisotopic (exact) mass is 285 g/mol. The maximum atomic E-state index is 13.5. The second kappa shape index (κ2) is 6.00. The number of anilines is 2. The molecule has 2 N–H and O–H groups in total. The third kappa shape index (κ3) is 4.19. The summed E-state index contributed by atoms with van der Waals surface area (Å²) < 4.78 is 63.7. The molecule has 0 saturated carbocycles. The number of aliphatic hydroxyl groups excluding tert-OH is 1. The van der Waals surface area contributed by atoms with Gasteiger partial charge in [-0.25, -0.2) is 13.8 Å². The molecule has 0 bridgehead atoms. The molecule has 0 aliphatic heterocycles. The third-order valence-corrected chi connectivity index (χ3v) is 2.19. The van der Waals surface area contributed by atoms with E-state index in [2.05, 4.69) is 10.3 Å². The van der Waals surface area contributed by atoms with E-state index in [1.54, 1.807) is 0 Å². The van der Waals surface area contributed by atoms with Gasteiger partial charge in [0.25, 0.3) is 0 Å². The predicted octanol–water partition coefficient (Wildman–Crippen LogP) is 1.76. The minimum absolute atomic E-state index is 0.374. The lowest BCUT2D eigenvalue weighted by Gasteiger charge is -2.24. The zero-order valence-corrected chi connectivity index (χ0v) is 9.93. The second-order valence-corrected chi connectivity index (χ2v) is 3.63. The molecule has 0 aromatic carbocycles. The molecule has 0 spiro atoms. The van der Waals surface area contributed by atoms with Crippen molar-refractivity contribution in [2.24, 2.45) is 0 Å². The zero-order chi connectivity index (χ0) is 14.6. The number of hydrogen-bond acceptors (Lipinski definition) is 4. The molecular formula is C10H12F5N3O. The fourth-order valence-electron chi connectivity index (χ4n) is 1.45. The fourth-order valence-corrected chi connectivity index (χ4v) is 1.45. The van der Waals surface area contributed by atoms with E-state index in [9.17, 15) is 22.0 Å². The number of alkyl halides is 3. The highest BCUT2D eigenvalue weighted by Gasteiger charge is 2.32. The topological polar surface area (TPSA) is 48.4 Å². The zero-order valence-electron chi connectivity index (χ0n) is 9.93. The number of nitrogens with one attached hydrogen (secondary N) is 1. The van der Waals surface area contributed by atoms with E-state index in [1.165, 1.54) is 7.05 Å². The molecule has 1 rings (SSSR count). The summed E-state index contributed by atoms with van der Waals surface area (Å²) in [6.07, 6.45) is -4.60.